The maximum Gasteiger partial charge on any atom is 0.0664 e. The van der Waals surface area contributed by atoms with Crippen LogP contribution in [-0.4, -0.2) is 7.05 Å². The van der Waals surface area contributed by atoms with Gasteiger partial charge in [-0.2, -0.15) is 0 Å². The zero-order valence-electron chi connectivity index (χ0n) is 17.3. The van der Waals surface area contributed by atoms with Crippen molar-refractivity contribution in [1.29, 1.82) is 0 Å². The van der Waals surface area contributed by atoms with Gasteiger partial charge in [-0.1, -0.05) is 85.3 Å². The van der Waals surface area contributed by atoms with Crippen molar-refractivity contribution in [2.75, 3.05) is 7.05 Å². The third-order valence-electron chi connectivity index (χ3n) is 6.02. The molecule has 28 heavy (non-hydrogen) atoms. The minimum atomic E-state index is -0.236. The number of aryl methyl sites for hydroxylation is 2. The highest BCUT2D eigenvalue weighted by Crippen LogP contribution is 2.37. The van der Waals surface area contributed by atoms with E-state index in [2.05, 4.69) is 93.8 Å². The molecule has 146 valence electrons. The smallest absolute Gasteiger partial charge is 0.0664 e. The van der Waals surface area contributed by atoms with E-state index < -0.39 is 0 Å². The quantitative estimate of drug-likeness (QED) is 0.463. The van der Waals surface area contributed by atoms with Crippen LogP contribution in [0.5, 0.6) is 0 Å². The number of halogens is 1. The number of hydrogen-bond acceptors (Lipinski definition) is 1. The second-order valence-electron chi connectivity index (χ2n) is 7.81. The molecule has 2 atom stereocenters. The lowest BCUT2D eigenvalue weighted by Crippen LogP contribution is -2.39. The van der Waals surface area contributed by atoms with Gasteiger partial charge in [-0.15, -0.1) is 0 Å². The highest BCUT2D eigenvalue weighted by atomic mass is 35.5. The van der Waals surface area contributed by atoms with Crippen molar-refractivity contribution in [2.24, 2.45) is 0 Å². The minimum Gasteiger partial charge on any atom is -0.307 e. The molecule has 0 bridgehead atoms. The first-order chi connectivity index (χ1) is 13.5. The monoisotopic (exact) mass is 391 g/mol. The second-order valence-corrected chi connectivity index (χ2v) is 8.22. The maximum absolute atomic E-state index is 6.37. The molecule has 2 heteroatoms. The summed E-state index contributed by atoms with van der Waals surface area (Å²) in [5, 5.41) is 4.47. The van der Waals surface area contributed by atoms with Crippen LogP contribution in [0.3, 0.4) is 0 Å². The Bertz CT molecular complexity index is 933. The Labute approximate surface area is 174 Å². The largest absolute Gasteiger partial charge is 0.307 e. The lowest BCUT2D eigenvalue weighted by Gasteiger charge is -2.35. The van der Waals surface area contributed by atoms with Crippen molar-refractivity contribution in [3.63, 3.8) is 0 Å². The van der Waals surface area contributed by atoms with Gasteiger partial charge < -0.3 is 5.32 Å². The van der Waals surface area contributed by atoms with Crippen LogP contribution >= 0.6 is 11.6 Å². The molecule has 0 radical (unpaired) electrons. The van der Waals surface area contributed by atoms with Crippen molar-refractivity contribution in [3.05, 3.63) is 106 Å². The van der Waals surface area contributed by atoms with Gasteiger partial charge in [0.1, 0.15) is 0 Å². The molecule has 0 spiro atoms. The van der Waals surface area contributed by atoms with Crippen LogP contribution in [0.4, 0.5) is 0 Å². The molecule has 0 saturated heterocycles. The average Bonchev–Trinajstić information content (AvgIpc) is 2.73. The molecule has 0 heterocycles. The van der Waals surface area contributed by atoms with Gasteiger partial charge in [0, 0.05) is 5.02 Å². The van der Waals surface area contributed by atoms with Crippen molar-refractivity contribution in [1.82, 2.24) is 5.32 Å². The number of nitrogens with one attached hydrogen (secondary N) is 1. The first kappa shape index (κ1) is 20.6. The SMILES string of the molecule is CN[C@](C)(c1ccccc1C)c1ccccc1[C@H](C)CCc1ccccc1Cl. The van der Waals surface area contributed by atoms with Gasteiger partial charge in [0.25, 0.3) is 0 Å². The summed E-state index contributed by atoms with van der Waals surface area (Å²) in [5.74, 6) is 0.434. The van der Waals surface area contributed by atoms with E-state index in [1.165, 1.54) is 27.8 Å². The molecule has 3 rings (SSSR count). The predicted molar refractivity (Wildman–Crippen MR) is 121 cm³/mol. The molecule has 0 saturated carbocycles. The minimum absolute atomic E-state index is 0.236. The Morgan fingerprint density at radius 3 is 2.18 bits per heavy atom. The molecule has 0 aromatic heterocycles. The summed E-state index contributed by atoms with van der Waals surface area (Å²) >= 11 is 6.37. The third kappa shape index (κ3) is 4.16. The Kier molecular flexibility index (Phi) is 6.59. The molecule has 0 aliphatic heterocycles. The summed E-state index contributed by atoms with van der Waals surface area (Å²) in [6, 6.07) is 25.7. The number of rotatable bonds is 7. The van der Waals surface area contributed by atoms with Crippen LogP contribution < -0.4 is 5.32 Å². The third-order valence-corrected chi connectivity index (χ3v) is 6.39. The number of hydrogen-bond donors (Lipinski definition) is 1. The summed E-state index contributed by atoms with van der Waals surface area (Å²) < 4.78 is 0. The van der Waals surface area contributed by atoms with E-state index in [9.17, 15) is 0 Å². The van der Waals surface area contributed by atoms with Gasteiger partial charge in [0.05, 0.1) is 5.54 Å². The van der Waals surface area contributed by atoms with Crippen LogP contribution in [0.25, 0.3) is 0 Å². The summed E-state index contributed by atoms with van der Waals surface area (Å²) in [4.78, 5) is 0. The molecular weight excluding hydrogens is 362 g/mol. The molecule has 0 amide bonds. The molecule has 0 aliphatic rings. The Balaban J connectivity index is 1.94. The van der Waals surface area contributed by atoms with Crippen molar-refractivity contribution < 1.29 is 0 Å². The van der Waals surface area contributed by atoms with E-state index in [1.54, 1.807) is 0 Å². The molecule has 1 nitrogen and oxygen atoms in total. The zero-order chi connectivity index (χ0) is 20.1. The van der Waals surface area contributed by atoms with Gasteiger partial charge in [-0.25, -0.2) is 0 Å². The fourth-order valence-electron chi connectivity index (χ4n) is 4.16. The highest BCUT2D eigenvalue weighted by Gasteiger charge is 2.31. The number of benzene rings is 3. The second kappa shape index (κ2) is 8.94. The molecule has 1 N–H and O–H groups in total. The van der Waals surface area contributed by atoms with Crippen molar-refractivity contribution in [3.8, 4) is 0 Å². The van der Waals surface area contributed by atoms with Crippen LogP contribution in [-0.2, 0) is 12.0 Å². The van der Waals surface area contributed by atoms with E-state index in [0.29, 0.717) is 5.92 Å². The van der Waals surface area contributed by atoms with E-state index in [0.717, 1.165) is 17.9 Å². The zero-order valence-corrected chi connectivity index (χ0v) is 18.1. The summed E-state index contributed by atoms with van der Waals surface area (Å²) in [7, 11) is 2.05. The van der Waals surface area contributed by atoms with Gasteiger partial charge in [-0.05, 0) is 73.5 Å². The maximum atomic E-state index is 6.37. The topological polar surface area (TPSA) is 12.0 Å². The molecule has 0 unspecified atom stereocenters. The predicted octanol–water partition coefficient (Wildman–Crippen LogP) is 6.87. The van der Waals surface area contributed by atoms with E-state index in [4.69, 9.17) is 11.6 Å². The van der Waals surface area contributed by atoms with Crippen LogP contribution in [0.2, 0.25) is 5.02 Å². The lowest BCUT2D eigenvalue weighted by atomic mass is 9.77. The van der Waals surface area contributed by atoms with Gasteiger partial charge in [-0.3, -0.25) is 0 Å². The van der Waals surface area contributed by atoms with Crippen LogP contribution in [0.1, 0.15) is 54.0 Å². The fraction of sp³-hybridized carbons (Fsp3) is 0.308. The Morgan fingerprint density at radius 2 is 1.50 bits per heavy atom. The molecule has 0 aliphatic carbocycles. The van der Waals surface area contributed by atoms with Gasteiger partial charge in [0.15, 0.2) is 0 Å². The van der Waals surface area contributed by atoms with Crippen molar-refractivity contribution in [2.45, 2.75) is 45.1 Å². The summed E-state index contributed by atoms with van der Waals surface area (Å²) in [6.07, 6.45) is 2.05. The first-order valence-electron chi connectivity index (χ1n) is 10.0. The molecule has 3 aromatic rings. The molecular formula is C26H30ClN. The first-order valence-corrected chi connectivity index (χ1v) is 10.4. The van der Waals surface area contributed by atoms with Gasteiger partial charge in [0.2, 0.25) is 0 Å². The average molecular weight is 392 g/mol. The normalized spacial score (nSPS) is 14.5. The summed E-state index contributed by atoms with van der Waals surface area (Å²) in [6.45, 7) is 6.80. The highest BCUT2D eigenvalue weighted by molar-refractivity contribution is 6.31. The molecule has 0 fully saturated rings. The lowest BCUT2D eigenvalue weighted by molar-refractivity contribution is 0.472. The summed E-state index contributed by atoms with van der Waals surface area (Å²) in [5.41, 5.74) is 6.36. The molecule has 3 aromatic carbocycles. The van der Waals surface area contributed by atoms with Crippen LogP contribution in [0, 0.1) is 6.92 Å². The Morgan fingerprint density at radius 1 is 0.893 bits per heavy atom. The van der Waals surface area contributed by atoms with E-state index in [-0.39, 0.29) is 5.54 Å². The Hall–Kier alpha value is -2.09. The van der Waals surface area contributed by atoms with Crippen molar-refractivity contribution >= 4 is 11.6 Å². The van der Waals surface area contributed by atoms with E-state index >= 15 is 0 Å². The van der Waals surface area contributed by atoms with Crippen LogP contribution in [0.15, 0.2) is 72.8 Å². The standard InChI is InChI=1S/C26H30ClN/c1-19(17-18-21-12-6-10-16-25(21)27)22-13-7-9-15-24(22)26(3,28-4)23-14-8-5-11-20(23)2/h5-16,19,28H,17-18H2,1-4H3/t19-,26-/m1/s1. The van der Waals surface area contributed by atoms with Gasteiger partial charge >= 0.3 is 0 Å². The van der Waals surface area contributed by atoms with E-state index in [1.807, 2.05) is 12.1 Å². The fourth-order valence-corrected chi connectivity index (χ4v) is 4.39.